The lowest BCUT2D eigenvalue weighted by atomic mass is 10.2. The Balaban J connectivity index is 2.06. The molecule has 0 spiro atoms. The van der Waals surface area contributed by atoms with Gasteiger partial charge in [-0.25, -0.2) is 14.6 Å². The fourth-order valence-electron chi connectivity index (χ4n) is 1.89. The van der Waals surface area contributed by atoms with Gasteiger partial charge in [-0.15, -0.1) is 0 Å². The zero-order valence-corrected chi connectivity index (χ0v) is 10.0. The molecule has 0 aliphatic rings. The Kier molecular flexibility index (Phi) is 2.58. The van der Waals surface area contributed by atoms with Crippen LogP contribution in [0.25, 0.3) is 28.0 Å². The maximum atomic E-state index is 8.66. The third kappa shape index (κ3) is 1.87. The summed E-state index contributed by atoms with van der Waals surface area (Å²) in [5, 5.41) is 13.8. The van der Waals surface area contributed by atoms with E-state index in [-0.39, 0.29) is 6.42 Å². The highest BCUT2D eigenvalue weighted by Gasteiger charge is 2.10. The number of nitrogens with zero attached hydrogens (tertiary/aromatic N) is 5. The molecule has 0 unspecified atom stereocenters. The van der Waals surface area contributed by atoms with Gasteiger partial charge >= 0.3 is 0 Å². The second kappa shape index (κ2) is 4.38. The standard InChI is InChI=1S/C13H10N6/c1-9(2-4-14)19-7-10(6-18-19)12-11-3-5-15-13(11)17-8-16-12/h3,5-8H,1-2H2,(H,15,16,17). The molecule has 0 atom stereocenters. The maximum absolute atomic E-state index is 8.66. The highest BCUT2D eigenvalue weighted by atomic mass is 15.3. The molecule has 3 aromatic rings. The summed E-state index contributed by atoms with van der Waals surface area (Å²) in [5.74, 6) is 0. The van der Waals surface area contributed by atoms with E-state index in [9.17, 15) is 0 Å². The van der Waals surface area contributed by atoms with Crippen molar-refractivity contribution >= 4 is 16.7 Å². The molecular weight excluding hydrogens is 240 g/mol. The summed E-state index contributed by atoms with van der Waals surface area (Å²) in [5.41, 5.74) is 3.09. The quantitative estimate of drug-likeness (QED) is 0.772. The van der Waals surface area contributed by atoms with E-state index < -0.39 is 0 Å². The van der Waals surface area contributed by atoms with Crippen molar-refractivity contribution in [1.29, 1.82) is 5.26 Å². The van der Waals surface area contributed by atoms with E-state index in [0.29, 0.717) is 5.70 Å². The summed E-state index contributed by atoms with van der Waals surface area (Å²) in [7, 11) is 0. The van der Waals surface area contributed by atoms with Crippen LogP contribution >= 0.6 is 0 Å². The van der Waals surface area contributed by atoms with Crippen LogP contribution in [0.1, 0.15) is 6.42 Å². The predicted molar refractivity (Wildman–Crippen MR) is 70.7 cm³/mol. The molecule has 19 heavy (non-hydrogen) atoms. The van der Waals surface area contributed by atoms with Gasteiger partial charge in [-0.1, -0.05) is 6.58 Å². The Hall–Kier alpha value is -2.94. The van der Waals surface area contributed by atoms with Crippen LogP contribution in [0.3, 0.4) is 0 Å². The summed E-state index contributed by atoms with van der Waals surface area (Å²) in [6, 6.07) is 3.97. The Morgan fingerprint density at radius 1 is 1.47 bits per heavy atom. The van der Waals surface area contributed by atoms with E-state index in [1.165, 1.54) is 6.33 Å². The number of allylic oxidation sites excluding steroid dienone is 1. The van der Waals surface area contributed by atoms with Crippen LogP contribution in [-0.2, 0) is 0 Å². The fourth-order valence-corrected chi connectivity index (χ4v) is 1.89. The minimum absolute atomic E-state index is 0.241. The van der Waals surface area contributed by atoms with Gasteiger partial charge in [0.25, 0.3) is 0 Å². The third-order valence-corrected chi connectivity index (χ3v) is 2.82. The summed E-state index contributed by atoms with van der Waals surface area (Å²) >= 11 is 0. The molecule has 6 nitrogen and oxygen atoms in total. The van der Waals surface area contributed by atoms with Crippen LogP contribution in [0.4, 0.5) is 0 Å². The van der Waals surface area contributed by atoms with E-state index in [2.05, 4.69) is 26.6 Å². The molecule has 0 fully saturated rings. The number of fused-ring (bicyclic) bond motifs is 1. The number of aromatic amines is 1. The third-order valence-electron chi connectivity index (χ3n) is 2.82. The summed E-state index contributed by atoms with van der Waals surface area (Å²) in [4.78, 5) is 11.5. The molecular formula is C13H10N6. The second-order valence-corrected chi connectivity index (χ2v) is 4.04. The molecule has 6 heteroatoms. The van der Waals surface area contributed by atoms with Crippen molar-refractivity contribution in [2.45, 2.75) is 6.42 Å². The number of rotatable bonds is 3. The van der Waals surface area contributed by atoms with Crippen LogP contribution in [0, 0.1) is 11.3 Å². The van der Waals surface area contributed by atoms with Gasteiger partial charge in [0, 0.05) is 29.0 Å². The van der Waals surface area contributed by atoms with Crippen LogP contribution in [0.2, 0.25) is 0 Å². The molecule has 0 radical (unpaired) electrons. The van der Waals surface area contributed by atoms with Crippen molar-refractivity contribution < 1.29 is 0 Å². The first-order valence-corrected chi connectivity index (χ1v) is 5.68. The highest BCUT2D eigenvalue weighted by Crippen LogP contribution is 2.24. The molecule has 92 valence electrons. The Morgan fingerprint density at radius 3 is 3.21 bits per heavy atom. The summed E-state index contributed by atoms with van der Waals surface area (Å²) in [6.07, 6.45) is 7.09. The van der Waals surface area contributed by atoms with Crippen molar-refractivity contribution in [3.63, 3.8) is 0 Å². The molecule has 0 aliphatic carbocycles. The Labute approximate surface area is 109 Å². The lowest BCUT2D eigenvalue weighted by Crippen LogP contribution is -1.94. The number of nitriles is 1. The van der Waals surface area contributed by atoms with Gasteiger partial charge in [-0.05, 0) is 6.07 Å². The molecule has 3 heterocycles. The second-order valence-electron chi connectivity index (χ2n) is 4.04. The minimum Gasteiger partial charge on any atom is -0.346 e. The van der Waals surface area contributed by atoms with Gasteiger partial charge < -0.3 is 4.98 Å². The number of H-pyrrole nitrogens is 1. The van der Waals surface area contributed by atoms with Crippen LogP contribution in [-0.4, -0.2) is 24.7 Å². The van der Waals surface area contributed by atoms with Crippen molar-refractivity contribution in [3.8, 4) is 17.3 Å². The number of aromatic nitrogens is 5. The van der Waals surface area contributed by atoms with Gasteiger partial charge in [0.05, 0.1) is 24.4 Å². The predicted octanol–water partition coefficient (Wildman–Crippen LogP) is 2.21. The normalized spacial score (nSPS) is 10.5. The van der Waals surface area contributed by atoms with Crippen molar-refractivity contribution in [3.05, 3.63) is 37.6 Å². The van der Waals surface area contributed by atoms with E-state index in [1.54, 1.807) is 10.9 Å². The number of hydrogen-bond donors (Lipinski definition) is 1. The molecule has 3 rings (SSSR count). The zero-order valence-electron chi connectivity index (χ0n) is 10.0. The monoisotopic (exact) mass is 250 g/mol. The number of nitrogens with one attached hydrogen (secondary N) is 1. The van der Waals surface area contributed by atoms with E-state index in [4.69, 9.17) is 5.26 Å². The molecule has 3 aromatic heterocycles. The van der Waals surface area contributed by atoms with Crippen LogP contribution in [0.15, 0.2) is 37.6 Å². The molecule has 1 N–H and O–H groups in total. The first-order chi connectivity index (χ1) is 9.29. The smallest absolute Gasteiger partial charge is 0.141 e. The topological polar surface area (TPSA) is 83.2 Å². The average molecular weight is 250 g/mol. The first-order valence-electron chi connectivity index (χ1n) is 5.68. The molecule has 0 aliphatic heterocycles. The van der Waals surface area contributed by atoms with Gasteiger partial charge in [-0.2, -0.15) is 10.4 Å². The van der Waals surface area contributed by atoms with Crippen LogP contribution in [0.5, 0.6) is 0 Å². The summed E-state index contributed by atoms with van der Waals surface area (Å²) < 4.78 is 1.60. The largest absolute Gasteiger partial charge is 0.346 e. The Morgan fingerprint density at radius 2 is 2.37 bits per heavy atom. The lowest BCUT2D eigenvalue weighted by Gasteiger charge is -2.00. The number of hydrogen-bond acceptors (Lipinski definition) is 4. The first kappa shape index (κ1) is 11.2. The molecule has 0 bridgehead atoms. The van der Waals surface area contributed by atoms with Gasteiger partial charge in [0.2, 0.25) is 0 Å². The summed E-state index contributed by atoms with van der Waals surface area (Å²) in [6.45, 7) is 3.81. The molecule has 0 saturated carbocycles. The maximum Gasteiger partial charge on any atom is 0.141 e. The molecule has 0 saturated heterocycles. The van der Waals surface area contributed by atoms with Gasteiger partial charge in [-0.3, -0.25) is 0 Å². The minimum atomic E-state index is 0.241. The average Bonchev–Trinajstić information content (AvgIpc) is 3.07. The fraction of sp³-hybridized carbons (Fsp3) is 0.0769. The van der Waals surface area contributed by atoms with Crippen LogP contribution < -0.4 is 0 Å². The van der Waals surface area contributed by atoms with E-state index in [0.717, 1.165) is 22.3 Å². The van der Waals surface area contributed by atoms with Gasteiger partial charge in [0.15, 0.2) is 0 Å². The van der Waals surface area contributed by atoms with Crippen molar-refractivity contribution in [2.75, 3.05) is 0 Å². The lowest BCUT2D eigenvalue weighted by molar-refractivity contribution is 0.883. The van der Waals surface area contributed by atoms with Crippen molar-refractivity contribution in [2.24, 2.45) is 0 Å². The van der Waals surface area contributed by atoms with Crippen molar-refractivity contribution in [1.82, 2.24) is 24.7 Å². The SMILES string of the molecule is C=C(CC#N)n1cc(-c2ncnc3[nH]ccc23)cn1. The highest BCUT2D eigenvalue weighted by molar-refractivity contribution is 5.90. The Bertz CT molecular complexity index is 789. The van der Waals surface area contributed by atoms with Gasteiger partial charge in [0.1, 0.15) is 12.0 Å². The van der Waals surface area contributed by atoms with E-state index in [1.807, 2.05) is 24.5 Å². The molecule has 0 aromatic carbocycles. The zero-order chi connectivity index (χ0) is 13.2. The van der Waals surface area contributed by atoms with E-state index >= 15 is 0 Å². The molecule has 0 amide bonds.